The quantitative estimate of drug-likeness (QED) is 0.920. The molecule has 1 aliphatic heterocycles. The number of benzene rings is 1. The zero-order valence-electron chi connectivity index (χ0n) is 11.5. The molecule has 0 unspecified atom stereocenters. The molecule has 1 N–H and O–H groups in total. The maximum Gasteiger partial charge on any atom is 0.183 e. The van der Waals surface area contributed by atoms with Gasteiger partial charge in [0.05, 0.1) is 10.9 Å². The molecule has 112 valence electrons. The summed E-state index contributed by atoms with van der Waals surface area (Å²) in [5, 5.41) is 2.33. The summed E-state index contributed by atoms with van der Waals surface area (Å²) in [6, 6.07) is 1.78. The van der Waals surface area contributed by atoms with Crippen LogP contribution in [-0.2, 0) is 9.84 Å². The molecule has 0 amide bonds. The summed E-state index contributed by atoms with van der Waals surface area (Å²) in [5.41, 5.74) is 0.117. The Kier molecular flexibility index (Phi) is 4.29. The summed E-state index contributed by atoms with van der Waals surface area (Å²) >= 11 is 0. The van der Waals surface area contributed by atoms with Crippen LogP contribution in [0.3, 0.4) is 0 Å². The van der Waals surface area contributed by atoms with Crippen molar-refractivity contribution in [3.63, 3.8) is 0 Å². The first-order chi connectivity index (χ1) is 9.34. The lowest BCUT2D eigenvalue weighted by Gasteiger charge is -2.30. The molecule has 1 aromatic rings. The molecule has 1 aliphatic rings. The summed E-state index contributed by atoms with van der Waals surface area (Å²) in [6.07, 6.45) is 0. The fraction of sp³-hybridized carbons (Fsp3) is 0.538. The van der Waals surface area contributed by atoms with E-state index in [1.807, 2.05) is 0 Å². The van der Waals surface area contributed by atoms with Crippen LogP contribution in [0.1, 0.15) is 13.8 Å². The van der Waals surface area contributed by atoms with E-state index in [1.165, 1.54) is 13.8 Å². The van der Waals surface area contributed by atoms with Crippen LogP contribution in [0, 0.1) is 11.6 Å². The Balaban J connectivity index is 2.43. The van der Waals surface area contributed by atoms with E-state index < -0.39 is 31.6 Å². The Morgan fingerprint density at radius 1 is 1.15 bits per heavy atom. The molecule has 1 heterocycles. The van der Waals surface area contributed by atoms with Gasteiger partial charge in [-0.25, -0.2) is 17.2 Å². The van der Waals surface area contributed by atoms with Crippen molar-refractivity contribution in [2.24, 2.45) is 0 Å². The third-order valence-electron chi connectivity index (χ3n) is 3.39. The van der Waals surface area contributed by atoms with E-state index in [2.05, 4.69) is 5.32 Å². The van der Waals surface area contributed by atoms with Crippen LogP contribution < -0.4 is 10.2 Å². The van der Waals surface area contributed by atoms with Crippen LogP contribution >= 0.6 is 0 Å². The van der Waals surface area contributed by atoms with Crippen LogP contribution in [0.5, 0.6) is 0 Å². The minimum Gasteiger partial charge on any atom is -0.367 e. The molecular formula is C13H18F2N2O2S. The van der Waals surface area contributed by atoms with Crippen LogP contribution in [0.25, 0.3) is 0 Å². The highest BCUT2D eigenvalue weighted by atomic mass is 32.2. The average Bonchev–Trinajstić information content (AvgIpc) is 2.41. The fourth-order valence-electron chi connectivity index (χ4n) is 2.14. The number of rotatable bonds is 3. The van der Waals surface area contributed by atoms with E-state index in [0.29, 0.717) is 26.2 Å². The van der Waals surface area contributed by atoms with Gasteiger partial charge < -0.3 is 10.2 Å². The van der Waals surface area contributed by atoms with Crippen LogP contribution in [0.15, 0.2) is 17.0 Å². The molecule has 4 nitrogen and oxygen atoms in total. The largest absolute Gasteiger partial charge is 0.367 e. The highest BCUT2D eigenvalue weighted by Gasteiger charge is 2.26. The van der Waals surface area contributed by atoms with Crippen molar-refractivity contribution in [2.75, 3.05) is 31.1 Å². The molecule has 0 aromatic heterocycles. The Morgan fingerprint density at radius 3 is 2.30 bits per heavy atom. The van der Waals surface area contributed by atoms with Gasteiger partial charge in [0.15, 0.2) is 9.84 Å². The minimum atomic E-state index is -3.82. The Bertz CT molecular complexity index is 597. The van der Waals surface area contributed by atoms with E-state index in [-0.39, 0.29) is 5.69 Å². The summed E-state index contributed by atoms with van der Waals surface area (Å²) in [6.45, 7) is 5.38. The standard InChI is InChI=1S/C13H18F2N2O2S/c1-9(2)20(18,19)13-8-10(14)12(7-11(13)15)17-5-3-16-4-6-17/h7-9,16H,3-6H2,1-2H3. The third-order valence-corrected chi connectivity index (χ3v) is 5.55. The van der Waals surface area contributed by atoms with Crippen molar-refractivity contribution in [2.45, 2.75) is 24.0 Å². The predicted octanol–water partition coefficient (Wildman–Crippen LogP) is 1.56. The zero-order chi connectivity index (χ0) is 14.9. The average molecular weight is 304 g/mol. The molecule has 0 bridgehead atoms. The summed E-state index contributed by atoms with van der Waals surface area (Å²) < 4.78 is 52.1. The van der Waals surface area contributed by atoms with Crippen LogP contribution in [0.4, 0.5) is 14.5 Å². The first kappa shape index (κ1) is 15.2. The predicted molar refractivity (Wildman–Crippen MR) is 73.8 cm³/mol. The second kappa shape index (κ2) is 5.65. The number of nitrogens with one attached hydrogen (secondary N) is 1. The van der Waals surface area contributed by atoms with E-state index in [0.717, 1.165) is 12.1 Å². The molecule has 7 heteroatoms. The van der Waals surface area contributed by atoms with Crippen molar-refractivity contribution in [3.05, 3.63) is 23.8 Å². The van der Waals surface area contributed by atoms with Gasteiger partial charge in [0.1, 0.15) is 16.5 Å². The molecule has 0 spiro atoms. The number of hydrogen-bond donors (Lipinski definition) is 1. The Morgan fingerprint density at radius 2 is 1.75 bits per heavy atom. The fourth-order valence-corrected chi connectivity index (χ4v) is 3.24. The number of anilines is 1. The van der Waals surface area contributed by atoms with E-state index >= 15 is 0 Å². The molecule has 0 aliphatic carbocycles. The summed E-state index contributed by atoms with van der Waals surface area (Å²) in [7, 11) is -3.82. The number of hydrogen-bond acceptors (Lipinski definition) is 4. The molecule has 0 atom stereocenters. The second-order valence-corrected chi connectivity index (χ2v) is 7.54. The van der Waals surface area contributed by atoms with Gasteiger partial charge in [0, 0.05) is 32.2 Å². The number of piperazine rings is 1. The molecule has 2 rings (SSSR count). The Labute approximate surface area is 117 Å². The number of sulfone groups is 1. The normalized spacial score (nSPS) is 16.8. The molecule has 20 heavy (non-hydrogen) atoms. The first-order valence-electron chi connectivity index (χ1n) is 6.52. The van der Waals surface area contributed by atoms with Crippen molar-refractivity contribution < 1.29 is 17.2 Å². The lowest BCUT2D eigenvalue weighted by molar-refractivity contribution is 0.537. The van der Waals surface area contributed by atoms with Gasteiger partial charge in [-0.15, -0.1) is 0 Å². The van der Waals surface area contributed by atoms with E-state index in [9.17, 15) is 17.2 Å². The van der Waals surface area contributed by atoms with Crippen LogP contribution in [-0.4, -0.2) is 39.8 Å². The highest BCUT2D eigenvalue weighted by molar-refractivity contribution is 7.92. The van der Waals surface area contributed by atoms with Gasteiger partial charge in [-0.2, -0.15) is 0 Å². The van der Waals surface area contributed by atoms with Gasteiger partial charge in [-0.3, -0.25) is 0 Å². The van der Waals surface area contributed by atoms with Gasteiger partial charge in [-0.1, -0.05) is 0 Å². The van der Waals surface area contributed by atoms with Gasteiger partial charge in [0.25, 0.3) is 0 Å². The summed E-state index contributed by atoms with van der Waals surface area (Å²) in [5.74, 6) is -1.60. The third kappa shape index (κ3) is 2.78. The SMILES string of the molecule is CC(C)S(=O)(=O)c1cc(F)c(N2CCNCC2)cc1F. The lowest BCUT2D eigenvalue weighted by atomic mass is 10.2. The monoisotopic (exact) mass is 304 g/mol. The van der Waals surface area contributed by atoms with Gasteiger partial charge in [-0.05, 0) is 19.9 Å². The molecule has 0 saturated carbocycles. The van der Waals surface area contributed by atoms with Crippen molar-refractivity contribution >= 4 is 15.5 Å². The second-order valence-electron chi connectivity index (χ2n) is 5.06. The van der Waals surface area contributed by atoms with Crippen molar-refractivity contribution in [1.29, 1.82) is 0 Å². The number of halogens is 2. The van der Waals surface area contributed by atoms with E-state index in [4.69, 9.17) is 0 Å². The first-order valence-corrected chi connectivity index (χ1v) is 8.07. The smallest absolute Gasteiger partial charge is 0.183 e. The minimum absolute atomic E-state index is 0.117. The van der Waals surface area contributed by atoms with Gasteiger partial charge in [0.2, 0.25) is 0 Å². The molecule has 0 radical (unpaired) electrons. The zero-order valence-corrected chi connectivity index (χ0v) is 12.3. The Hall–Kier alpha value is -1.21. The van der Waals surface area contributed by atoms with Crippen molar-refractivity contribution in [1.82, 2.24) is 5.32 Å². The highest BCUT2D eigenvalue weighted by Crippen LogP contribution is 2.28. The molecule has 1 aromatic carbocycles. The molecular weight excluding hydrogens is 286 g/mol. The molecule has 1 fully saturated rings. The molecule has 1 saturated heterocycles. The maximum atomic E-state index is 14.1. The summed E-state index contributed by atoms with van der Waals surface area (Å²) in [4.78, 5) is 1.14. The number of nitrogens with zero attached hydrogens (tertiary/aromatic N) is 1. The lowest BCUT2D eigenvalue weighted by Crippen LogP contribution is -2.44. The van der Waals surface area contributed by atoms with Crippen LogP contribution in [0.2, 0.25) is 0 Å². The maximum absolute atomic E-state index is 14.1. The van der Waals surface area contributed by atoms with E-state index in [1.54, 1.807) is 4.90 Å². The van der Waals surface area contributed by atoms with Gasteiger partial charge >= 0.3 is 0 Å². The topological polar surface area (TPSA) is 49.4 Å². The van der Waals surface area contributed by atoms with Crippen molar-refractivity contribution in [3.8, 4) is 0 Å².